The zero-order valence-electron chi connectivity index (χ0n) is 19.6. The molecule has 1 amide bonds. The fraction of sp³-hybridized carbons (Fsp3) is 0.261. The number of anilines is 3. The first-order chi connectivity index (χ1) is 17.5. The molecule has 1 aliphatic rings. The van der Waals surface area contributed by atoms with E-state index in [1.165, 1.54) is 34.6 Å². The minimum Gasteiger partial charge on any atom is -0.373 e. The third-order valence-corrected chi connectivity index (χ3v) is 9.85. The summed E-state index contributed by atoms with van der Waals surface area (Å²) in [6.45, 7) is 4.17. The molecule has 0 spiro atoms. The lowest BCUT2D eigenvalue weighted by molar-refractivity contribution is -0.0440. The Balaban J connectivity index is 1.58. The van der Waals surface area contributed by atoms with Crippen LogP contribution in [0.4, 0.5) is 16.4 Å². The summed E-state index contributed by atoms with van der Waals surface area (Å²) in [5.74, 6) is -0.555. The summed E-state index contributed by atoms with van der Waals surface area (Å²) in [5.41, 5.74) is 0.665. The van der Waals surface area contributed by atoms with Crippen molar-refractivity contribution in [1.82, 2.24) is 4.31 Å². The van der Waals surface area contributed by atoms with Crippen molar-refractivity contribution in [2.75, 3.05) is 22.7 Å². The zero-order valence-corrected chi connectivity index (χ0v) is 24.4. The molecule has 1 aliphatic heterocycles. The molecule has 0 aliphatic carbocycles. The highest BCUT2D eigenvalue weighted by atomic mass is 79.9. The van der Waals surface area contributed by atoms with Crippen molar-refractivity contribution in [3.05, 3.63) is 69.0 Å². The predicted molar refractivity (Wildman–Crippen MR) is 150 cm³/mol. The van der Waals surface area contributed by atoms with Gasteiger partial charge in [0.25, 0.3) is 17.2 Å². The average Bonchev–Trinajstić information content (AvgIpc) is 3.25. The maximum atomic E-state index is 13.2. The molecule has 14 heteroatoms. The second-order valence-corrected chi connectivity index (χ2v) is 13.7. The molecule has 3 aromatic rings. The number of thiophene rings is 1. The molecule has 1 aromatic heterocycles. The average molecular weight is 649 g/mol. The number of morpholine rings is 1. The first kappa shape index (κ1) is 28.2. The number of ether oxygens (including phenoxy) is 1. The van der Waals surface area contributed by atoms with Gasteiger partial charge in [0, 0.05) is 23.2 Å². The summed E-state index contributed by atoms with van der Waals surface area (Å²) in [6.07, 6.45) is -0.427. The predicted octanol–water partition coefficient (Wildman–Crippen LogP) is 5.49. The van der Waals surface area contributed by atoms with E-state index in [2.05, 4.69) is 21.2 Å². The number of rotatable bonds is 7. The van der Waals surface area contributed by atoms with E-state index in [9.17, 15) is 22.0 Å². The number of amides is 1. The minimum atomic E-state index is -3.73. The SMILES string of the molecule is CC1CN(S(=O)(=O)c2ccc(NC(=O)c3cc(Br)ccc3N(c3ccc(Cl)s3)S(=O)O)cc2)CC(C)O1. The maximum Gasteiger partial charge on any atom is 0.267 e. The van der Waals surface area contributed by atoms with E-state index in [1.54, 1.807) is 24.3 Å². The van der Waals surface area contributed by atoms with Gasteiger partial charge in [0.15, 0.2) is 0 Å². The van der Waals surface area contributed by atoms with E-state index in [1.807, 2.05) is 13.8 Å². The number of halogens is 2. The largest absolute Gasteiger partial charge is 0.373 e. The van der Waals surface area contributed by atoms with Crippen LogP contribution in [-0.4, -0.2) is 52.7 Å². The summed E-state index contributed by atoms with van der Waals surface area (Å²) in [7, 11) is -3.73. The van der Waals surface area contributed by atoms with Crippen molar-refractivity contribution in [3.8, 4) is 0 Å². The second-order valence-electron chi connectivity index (χ2n) is 8.32. The van der Waals surface area contributed by atoms with Gasteiger partial charge in [-0.25, -0.2) is 16.9 Å². The quantitative estimate of drug-likeness (QED) is 0.328. The third-order valence-electron chi connectivity index (χ3n) is 5.47. The molecule has 0 saturated carbocycles. The Bertz CT molecular complexity index is 1420. The first-order valence-electron chi connectivity index (χ1n) is 11.0. The number of nitrogens with zero attached hydrogens (tertiary/aromatic N) is 2. The van der Waals surface area contributed by atoms with E-state index in [-0.39, 0.29) is 41.4 Å². The molecule has 1 fully saturated rings. The van der Waals surface area contributed by atoms with Gasteiger partial charge in [0.05, 0.1) is 32.7 Å². The lowest BCUT2D eigenvalue weighted by Gasteiger charge is -2.34. The Morgan fingerprint density at radius 3 is 2.38 bits per heavy atom. The molecule has 3 unspecified atom stereocenters. The van der Waals surface area contributed by atoms with Crippen molar-refractivity contribution < 1.29 is 26.7 Å². The van der Waals surface area contributed by atoms with Crippen molar-refractivity contribution in [2.45, 2.75) is 31.0 Å². The third kappa shape index (κ3) is 6.42. The Kier molecular flexibility index (Phi) is 8.75. The molecule has 4 rings (SSSR count). The molecule has 1 saturated heterocycles. The van der Waals surface area contributed by atoms with Crippen LogP contribution in [0.2, 0.25) is 4.34 Å². The van der Waals surface area contributed by atoms with Crippen LogP contribution in [0, 0.1) is 0 Å². The molecule has 0 radical (unpaired) electrons. The summed E-state index contributed by atoms with van der Waals surface area (Å²) < 4.78 is 57.5. The van der Waals surface area contributed by atoms with Crippen LogP contribution in [0.25, 0.3) is 0 Å². The number of carbonyl (C=O) groups is 1. The molecule has 2 aromatic carbocycles. The van der Waals surface area contributed by atoms with Gasteiger partial charge in [-0.05, 0) is 68.4 Å². The van der Waals surface area contributed by atoms with Crippen molar-refractivity contribution in [2.24, 2.45) is 0 Å². The monoisotopic (exact) mass is 647 g/mol. The van der Waals surface area contributed by atoms with Crippen molar-refractivity contribution >= 4 is 82.4 Å². The van der Waals surface area contributed by atoms with Gasteiger partial charge in [-0.15, -0.1) is 11.3 Å². The van der Waals surface area contributed by atoms with Gasteiger partial charge in [0.1, 0.15) is 5.00 Å². The summed E-state index contributed by atoms with van der Waals surface area (Å²) >= 11 is 7.96. The van der Waals surface area contributed by atoms with Crippen LogP contribution in [-0.2, 0) is 26.0 Å². The molecule has 0 bridgehead atoms. The molecular weight excluding hydrogens is 626 g/mol. The van der Waals surface area contributed by atoms with Gasteiger partial charge in [-0.1, -0.05) is 27.5 Å². The lowest BCUT2D eigenvalue weighted by atomic mass is 10.1. The van der Waals surface area contributed by atoms with E-state index < -0.39 is 27.2 Å². The summed E-state index contributed by atoms with van der Waals surface area (Å²) in [4.78, 5) is 13.4. The normalized spacial score (nSPS) is 19.4. The van der Waals surface area contributed by atoms with Crippen LogP contribution in [0.15, 0.2) is 64.0 Å². The van der Waals surface area contributed by atoms with Gasteiger partial charge >= 0.3 is 0 Å². The fourth-order valence-corrected chi connectivity index (χ4v) is 7.70. The van der Waals surface area contributed by atoms with E-state index in [4.69, 9.17) is 16.3 Å². The zero-order chi connectivity index (χ0) is 26.9. The van der Waals surface area contributed by atoms with Gasteiger partial charge < -0.3 is 10.1 Å². The fourth-order valence-electron chi connectivity index (χ4n) is 3.95. The smallest absolute Gasteiger partial charge is 0.267 e. The van der Waals surface area contributed by atoms with Gasteiger partial charge in [-0.2, -0.15) is 4.31 Å². The lowest BCUT2D eigenvalue weighted by Crippen LogP contribution is -2.48. The Morgan fingerprint density at radius 2 is 1.81 bits per heavy atom. The number of carbonyl (C=O) groups excluding carboxylic acids is 1. The molecule has 2 heterocycles. The molecular formula is C23H23BrClN3O6S3. The molecule has 198 valence electrons. The van der Waals surface area contributed by atoms with Crippen LogP contribution in [0.3, 0.4) is 0 Å². The van der Waals surface area contributed by atoms with Crippen LogP contribution >= 0.6 is 38.9 Å². The van der Waals surface area contributed by atoms with Crippen LogP contribution < -0.4 is 9.62 Å². The number of nitrogens with one attached hydrogen (secondary N) is 1. The van der Waals surface area contributed by atoms with Crippen LogP contribution in [0.1, 0.15) is 24.2 Å². The van der Waals surface area contributed by atoms with E-state index >= 15 is 0 Å². The molecule has 37 heavy (non-hydrogen) atoms. The van der Waals surface area contributed by atoms with Gasteiger partial charge in [-0.3, -0.25) is 9.35 Å². The molecule has 9 nitrogen and oxygen atoms in total. The van der Waals surface area contributed by atoms with Crippen molar-refractivity contribution in [3.63, 3.8) is 0 Å². The Morgan fingerprint density at radius 1 is 1.16 bits per heavy atom. The van der Waals surface area contributed by atoms with Gasteiger partial charge in [0.2, 0.25) is 10.0 Å². The summed E-state index contributed by atoms with van der Waals surface area (Å²) in [5, 5.41) is 3.11. The highest BCUT2D eigenvalue weighted by Crippen LogP contribution is 2.38. The standard InChI is InChI=1S/C23H23BrClN3O6S3/c1-14-12-27(13-15(2)34-14)37(32,33)18-6-4-17(5-7-18)26-23(29)19-11-16(24)3-8-20(19)28(36(30)31)22-10-9-21(25)35-22/h3-11,14-15H,12-13H2,1-2H3,(H,26,29)(H,30,31). The highest BCUT2D eigenvalue weighted by Gasteiger charge is 2.32. The Hall–Kier alpha value is -1.84. The van der Waals surface area contributed by atoms with E-state index in [0.29, 0.717) is 19.5 Å². The minimum absolute atomic E-state index is 0.103. The number of hydrogen-bond donors (Lipinski definition) is 2. The van der Waals surface area contributed by atoms with Crippen LogP contribution in [0.5, 0.6) is 0 Å². The Labute approximate surface area is 235 Å². The van der Waals surface area contributed by atoms with E-state index in [0.717, 1.165) is 15.6 Å². The topological polar surface area (TPSA) is 116 Å². The van der Waals surface area contributed by atoms with Crippen molar-refractivity contribution in [1.29, 1.82) is 0 Å². The first-order valence-corrected chi connectivity index (χ1v) is 15.5. The molecule has 2 N–H and O–H groups in total. The maximum absolute atomic E-state index is 13.2. The highest BCUT2D eigenvalue weighted by molar-refractivity contribution is 9.10. The summed E-state index contributed by atoms with van der Waals surface area (Å²) in [6, 6.07) is 13.7. The number of hydrogen-bond acceptors (Lipinski definition) is 6. The molecule has 3 atom stereocenters. The number of sulfonamides is 1. The number of benzene rings is 2. The second kappa shape index (κ2) is 11.5.